The number of nitrogens with zero attached hydrogens (tertiary/aromatic N) is 1. The lowest BCUT2D eigenvalue weighted by Crippen LogP contribution is -2.25. The fourth-order valence-electron chi connectivity index (χ4n) is 1.30. The fraction of sp³-hybridized carbons (Fsp3) is 1.00. The van der Waals surface area contributed by atoms with Gasteiger partial charge < -0.3 is 19.4 Å². The van der Waals surface area contributed by atoms with Crippen LogP contribution < -0.4 is 0 Å². The van der Waals surface area contributed by atoms with E-state index in [1.165, 1.54) is 0 Å². The molecule has 17 heavy (non-hydrogen) atoms. The van der Waals surface area contributed by atoms with Crippen molar-refractivity contribution in [1.82, 2.24) is 4.90 Å². The molecule has 0 aliphatic rings. The predicted octanol–water partition coefficient (Wildman–Crippen LogP) is 1.55. The summed E-state index contributed by atoms with van der Waals surface area (Å²) in [4.78, 5) is 19.4. The molecule has 0 saturated heterocycles. The molecule has 5 nitrogen and oxygen atoms in total. The van der Waals surface area contributed by atoms with Crippen molar-refractivity contribution in [3.05, 3.63) is 0 Å². The van der Waals surface area contributed by atoms with Crippen molar-refractivity contribution >= 4 is 7.60 Å². The average Bonchev–Trinajstić information content (AvgIpc) is 2.14. The normalized spacial score (nSPS) is 12.6. The van der Waals surface area contributed by atoms with Gasteiger partial charge in [-0.1, -0.05) is 13.8 Å². The molecule has 0 spiro atoms. The van der Waals surface area contributed by atoms with Crippen molar-refractivity contribution in [3.63, 3.8) is 0 Å². The summed E-state index contributed by atoms with van der Waals surface area (Å²) in [6.07, 6.45) is 1.56. The van der Waals surface area contributed by atoms with Crippen LogP contribution in [0.2, 0.25) is 0 Å². The lowest BCUT2D eigenvalue weighted by Gasteiger charge is -2.16. The smallest absolute Gasteiger partial charge is 0.325 e. The van der Waals surface area contributed by atoms with Crippen LogP contribution >= 0.6 is 7.60 Å². The number of hydrogen-bond acceptors (Lipinski definition) is 3. The zero-order valence-electron chi connectivity index (χ0n) is 11.1. The van der Waals surface area contributed by atoms with E-state index in [1.54, 1.807) is 0 Å². The largest absolute Gasteiger partial charge is 0.380 e. The second kappa shape index (κ2) is 9.06. The Hall–Kier alpha value is 0.0700. The van der Waals surface area contributed by atoms with Gasteiger partial charge in [-0.05, 0) is 32.4 Å². The molecule has 0 aromatic carbocycles. The average molecular weight is 267 g/mol. The maximum Gasteiger partial charge on any atom is 0.325 e. The van der Waals surface area contributed by atoms with Crippen molar-refractivity contribution in [2.75, 3.05) is 39.5 Å². The van der Waals surface area contributed by atoms with E-state index in [-0.39, 0.29) is 6.16 Å². The summed E-state index contributed by atoms with van der Waals surface area (Å²) in [7, 11) is -1.89. The quantitative estimate of drug-likeness (QED) is 0.464. The van der Waals surface area contributed by atoms with E-state index in [4.69, 9.17) is 14.5 Å². The molecule has 0 aromatic heterocycles. The molecule has 0 heterocycles. The van der Waals surface area contributed by atoms with Crippen LogP contribution in [0.25, 0.3) is 0 Å². The van der Waals surface area contributed by atoms with Gasteiger partial charge in [0.1, 0.15) is 0 Å². The van der Waals surface area contributed by atoms with Gasteiger partial charge in [-0.3, -0.25) is 4.57 Å². The van der Waals surface area contributed by atoms with Crippen molar-refractivity contribution in [3.8, 4) is 0 Å². The Kier molecular flexibility index (Phi) is 9.10. The molecule has 0 unspecified atom stereocenters. The van der Waals surface area contributed by atoms with Crippen LogP contribution in [0.4, 0.5) is 0 Å². The summed E-state index contributed by atoms with van der Waals surface area (Å²) < 4.78 is 16.1. The highest BCUT2D eigenvalue weighted by Gasteiger charge is 2.12. The Morgan fingerprint density at radius 1 is 1.24 bits per heavy atom. The number of hydrogen-bond donors (Lipinski definition) is 2. The third-order valence-corrected chi connectivity index (χ3v) is 3.34. The van der Waals surface area contributed by atoms with E-state index >= 15 is 0 Å². The minimum atomic E-state index is -3.83. The van der Waals surface area contributed by atoms with Crippen LogP contribution in [0.5, 0.6) is 0 Å². The number of ether oxygens (including phenoxy) is 1. The van der Waals surface area contributed by atoms with Crippen LogP contribution in [0.1, 0.15) is 26.7 Å². The van der Waals surface area contributed by atoms with Crippen molar-refractivity contribution in [1.29, 1.82) is 0 Å². The Morgan fingerprint density at radius 2 is 1.88 bits per heavy atom. The molecule has 0 radical (unpaired) electrons. The Bertz CT molecular complexity index is 230. The highest BCUT2D eigenvalue weighted by Crippen LogP contribution is 2.34. The summed E-state index contributed by atoms with van der Waals surface area (Å²) in [5.41, 5.74) is 0. The highest BCUT2D eigenvalue weighted by molar-refractivity contribution is 7.51. The number of rotatable bonds is 10. The summed E-state index contributed by atoms with van der Waals surface area (Å²) >= 11 is 0. The van der Waals surface area contributed by atoms with Gasteiger partial charge in [0, 0.05) is 13.2 Å². The lowest BCUT2D eigenvalue weighted by atomic mass is 10.1. The van der Waals surface area contributed by atoms with E-state index in [0.717, 1.165) is 19.6 Å². The summed E-state index contributed by atoms with van der Waals surface area (Å²) in [6.45, 7) is 7.29. The van der Waals surface area contributed by atoms with Crippen molar-refractivity contribution in [2.24, 2.45) is 5.92 Å². The highest BCUT2D eigenvalue weighted by atomic mass is 31.2. The molecule has 2 N–H and O–H groups in total. The summed E-state index contributed by atoms with van der Waals surface area (Å²) in [5.74, 6) is 0.663. The Labute approximate surface area is 104 Å². The van der Waals surface area contributed by atoms with Crippen molar-refractivity contribution < 1.29 is 19.1 Å². The van der Waals surface area contributed by atoms with Crippen LogP contribution in [-0.4, -0.2) is 54.2 Å². The second-order valence-corrected chi connectivity index (χ2v) is 6.62. The van der Waals surface area contributed by atoms with Crippen LogP contribution in [0, 0.1) is 5.92 Å². The van der Waals surface area contributed by atoms with Gasteiger partial charge in [0.05, 0.1) is 12.8 Å². The van der Waals surface area contributed by atoms with Gasteiger partial charge in [0.15, 0.2) is 0 Å². The molecular weight excluding hydrogens is 241 g/mol. The molecule has 0 aromatic rings. The maximum absolute atomic E-state index is 10.6. The van der Waals surface area contributed by atoms with Gasteiger partial charge in [-0.15, -0.1) is 0 Å². The molecule has 0 bridgehead atoms. The van der Waals surface area contributed by atoms with E-state index in [9.17, 15) is 4.57 Å². The molecule has 104 valence electrons. The molecule has 0 rings (SSSR count). The van der Waals surface area contributed by atoms with Gasteiger partial charge in [0.25, 0.3) is 0 Å². The van der Waals surface area contributed by atoms with Crippen LogP contribution in [-0.2, 0) is 9.30 Å². The van der Waals surface area contributed by atoms with E-state index in [0.29, 0.717) is 25.5 Å². The summed E-state index contributed by atoms with van der Waals surface area (Å²) in [6, 6.07) is 0. The SMILES string of the molecule is CC(C)CCOCCN(C)CCCP(=O)(O)O. The molecule has 0 aliphatic carbocycles. The maximum atomic E-state index is 10.6. The predicted molar refractivity (Wildman–Crippen MR) is 69.3 cm³/mol. The molecule has 0 aliphatic heterocycles. The molecule has 6 heteroatoms. The van der Waals surface area contributed by atoms with Crippen LogP contribution in [0.15, 0.2) is 0 Å². The third kappa shape index (κ3) is 14.0. The lowest BCUT2D eigenvalue weighted by molar-refractivity contribution is 0.103. The zero-order valence-corrected chi connectivity index (χ0v) is 12.0. The van der Waals surface area contributed by atoms with Gasteiger partial charge in [-0.2, -0.15) is 0 Å². The van der Waals surface area contributed by atoms with Gasteiger partial charge >= 0.3 is 7.60 Å². The molecule has 0 amide bonds. The van der Waals surface area contributed by atoms with Gasteiger partial charge in [0.2, 0.25) is 0 Å². The summed E-state index contributed by atoms with van der Waals surface area (Å²) in [5, 5.41) is 0. The first-order valence-electron chi connectivity index (χ1n) is 6.12. The first-order chi connectivity index (χ1) is 7.81. The third-order valence-electron chi connectivity index (χ3n) is 2.45. The van der Waals surface area contributed by atoms with Gasteiger partial charge in [-0.25, -0.2) is 0 Å². The van der Waals surface area contributed by atoms with Crippen molar-refractivity contribution in [2.45, 2.75) is 26.7 Å². The van der Waals surface area contributed by atoms with Crippen LogP contribution in [0.3, 0.4) is 0 Å². The topological polar surface area (TPSA) is 70.0 Å². The molecule has 0 atom stereocenters. The monoisotopic (exact) mass is 267 g/mol. The van der Waals surface area contributed by atoms with E-state index < -0.39 is 7.60 Å². The minimum Gasteiger partial charge on any atom is -0.380 e. The van der Waals surface area contributed by atoms with E-state index in [2.05, 4.69) is 13.8 Å². The number of likely N-dealkylation sites (N-methyl/N-ethyl adjacent to an activating group) is 1. The Balaban J connectivity index is 3.35. The molecule has 0 saturated carbocycles. The fourth-order valence-corrected chi connectivity index (χ4v) is 1.85. The second-order valence-electron chi connectivity index (χ2n) is 4.84. The zero-order chi connectivity index (χ0) is 13.3. The first kappa shape index (κ1) is 17.1. The molecule has 0 fully saturated rings. The minimum absolute atomic E-state index is 0.0362. The van der Waals surface area contributed by atoms with E-state index in [1.807, 2.05) is 11.9 Å². The first-order valence-corrected chi connectivity index (χ1v) is 7.92. The molecular formula is C11H26NO4P. The Morgan fingerprint density at radius 3 is 2.41 bits per heavy atom. The standard InChI is InChI=1S/C11H26NO4P/c1-11(2)5-8-16-9-7-12(3)6-4-10-17(13,14)15/h11H,4-10H2,1-3H3,(H2,13,14,15).